The minimum absolute atomic E-state index is 0.00835. The number of carbonyl (C=O) groups is 2. The summed E-state index contributed by atoms with van der Waals surface area (Å²) in [5, 5.41) is 18.5. The van der Waals surface area contributed by atoms with Crippen molar-refractivity contribution in [3.63, 3.8) is 0 Å². The van der Waals surface area contributed by atoms with Gasteiger partial charge in [-0.1, -0.05) is 62.2 Å². The summed E-state index contributed by atoms with van der Waals surface area (Å²) >= 11 is 0. The van der Waals surface area contributed by atoms with E-state index in [9.17, 15) is 19.5 Å². The highest BCUT2D eigenvalue weighted by Gasteiger charge is 2.38. The normalized spacial score (nSPS) is 22.1. The summed E-state index contributed by atoms with van der Waals surface area (Å²) in [5.74, 6) is 0.309. The summed E-state index contributed by atoms with van der Waals surface area (Å²) in [5.41, 5.74) is 3.00. The fourth-order valence-electron chi connectivity index (χ4n) is 7.68. The Kier molecular flexibility index (Phi) is 10.9. The van der Waals surface area contributed by atoms with E-state index in [2.05, 4.69) is 29.7 Å². The molecule has 0 radical (unpaired) electrons. The predicted octanol–water partition coefficient (Wildman–Crippen LogP) is 4.87. The summed E-state index contributed by atoms with van der Waals surface area (Å²) < 4.78 is 13.6. The Labute approximate surface area is 288 Å². The standard InChI is InChI=1S/C39H50N4O6/c1-4-26-16-17-35-30(19-26)32(22-39(2,49-35)25-48-3)40-23-34(44)31(20-27-11-6-5-7-12-27)41-37(46)28-21-33(42-18-10-15-36(42)45)38(47)43(24-28)29-13-8-9-14-29/h5-7,11-12,16-17,19,21,24,29,31-32,34,40,44H,4,8-10,13-15,18,20,22-23,25H2,1-3H3,(H,41,46)/t31-,32-,34-,39+/m0/s1. The van der Waals surface area contributed by atoms with E-state index in [0.29, 0.717) is 44.4 Å². The molecule has 6 rings (SSSR count). The number of aromatic nitrogens is 1. The van der Waals surface area contributed by atoms with Crippen molar-refractivity contribution in [2.24, 2.45) is 0 Å². The van der Waals surface area contributed by atoms with E-state index >= 15 is 0 Å². The Morgan fingerprint density at radius 1 is 1.08 bits per heavy atom. The topological polar surface area (TPSA) is 122 Å². The lowest BCUT2D eigenvalue weighted by Gasteiger charge is -2.40. The van der Waals surface area contributed by atoms with E-state index in [0.717, 1.165) is 49.0 Å². The third-order valence-electron chi connectivity index (χ3n) is 10.3. The molecule has 0 unspecified atom stereocenters. The van der Waals surface area contributed by atoms with Gasteiger partial charge in [-0.3, -0.25) is 14.4 Å². The van der Waals surface area contributed by atoms with Gasteiger partial charge in [-0.15, -0.1) is 0 Å². The van der Waals surface area contributed by atoms with Crippen LogP contribution in [0.15, 0.2) is 65.6 Å². The molecule has 3 aliphatic rings. The molecule has 1 saturated carbocycles. The first kappa shape index (κ1) is 34.9. The Morgan fingerprint density at radius 3 is 2.55 bits per heavy atom. The number of amides is 2. The molecular formula is C39H50N4O6. The second kappa shape index (κ2) is 15.3. The molecule has 10 nitrogen and oxygen atoms in total. The lowest BCUT2D eigenvalue weighted by atomic mass is 9.87. The minimum Gasteiger partial charge on any atom is -0.485 e. The van der Waals surface area contributed by atoms with Gasteiger partial charge < -0.3 is 34.7 Å². The second-order valence-electron chi connectivity index (χ2n) is 14.1. The second-order valence-corrected chi connectivity index (χ2v) is 14.1. The maximum atomic E-state index is 14.1. The van der Waals surface area contributed by atoms with Crippen molar-refractivity contribution < 1.29 is 24.2 Å². The number of ether oxygens (including phenoxy) is 2. The zero-order valence-corrected chi connectivity index (χ0v) is 29.0. The summed E-state index contributed by atoms with van der Waals surface area (Å²) in [4.78, 5) is 42.0. The number of aryl methyl sites for hydroxylation is 1. The number of hydrogen-bond donors (Lipinski definition) is 3. The highest BCUT2D eigenvalue weighted by molar-refractivity contribution is 5.98. The van der Waals surface area contributed by atoms with Crippen LogP contribution in [-0.4, -0.2) is 66.0 Å². The highest BCUT2D eigenvalue weighted by atomic mass is 16.5. The van der Waals surface area contributed by atoms with Gasteiger partial charge in [0.25, 0.3) is 11.5 Å². The van der Waals surface area contributed by atoms with Gasteiger partial charge in [0.05, 0.1) is 24.3 Å². The van der Waals surface area contributed by atoms with Crippen LogP contribution in [0.25, 0.3) is 0 Å². The van der Waals surface area contributed by atoms with Crippen molar-refractivity contribution in [1.29, 1.82) is 0 Å². The first-order valence-corrected chi connectivity index (χ1v) is 17.8. The third-order valence-corrected chi connectivity index (χ3v) is 10.3. The number of pyridine rings is 1. The fraction of sp³-hybridized carbons (Fsp3) is 0.513. The number of anilines is 1. The molecule has 3 aromatic rings. The monoisotopic (exact) mass is 670 g/mol. The van der Waals surface area contributed by atoms with Crippen LogP contribution in [0.4, 0.5) is 5.69 Å². The molecule has 1 aromatic heterocycles. The number of aliphatic hydroxyl groups excluding tert-OH is 1. The quantitative estimate of drug-likeness (QED) is 0.237. The number of carbonyl (C=O) groups excluding carboxylic acids is 2. The minimum atomic E-state index is -0.946. The maximum absolute atomic E-state index is 14.1. The maximum Gasteiger partial charge on any atom is 0.274 e. The number of rotatable bonds is 13. The number of benzene rings is 2. The van der Waals surface area contributed by atoms with Gasteiger partial charge >= 0.3 is 0 Å². The number of hydrogen-bond acceptors (Lipinski definition) is 7. The summed E-state index contributed by atoms with van der Waals surface area (Å²) in [6.07, 6.45) is 7.46. The largest absolute Gasteiger partial charge is 0.485 e. The van der Waals surface area contributed by atoms with Crippen LogP contribution >= 0.6 is 0 Å². The molecule has 4 atom stereocenters. The molecule has 1 saturated heterocycles. The molecule has 1 aliphatic carbocycles. The number of fused-ring (bicyclic) bond motifs is 1. The Morgan fingerprint density at radius 2 is 1.86 bits per heavy atom. The molecule has 0 spiro atoms. The van der Waals surface area contributed by atoms with E-state index in [1.807, 2.05) is 43.3 Å². The SMILES string of the molecule is CCc1ccc2c(c1)[C@@H](NC[C@H](O)[C@H](Cc1ccccc1)NC(=O)c1cc(N3CCCC3=O)c(=O)n(C3CCCC3)c1)C[C@](C)(COC)O2. The van der Waals surface area contributed by atoms with Crippen LogP contribution in [-0.2, 0) is 22.4 Å². The van der Waals surface area contributed by atoms with E-state index in [4.69, 9.17) is 9.47 Å². The average Bonchev–Trinajstić information content (AvgIpc) is 3.79. The van der Waals surface area contributed by atoms with Crippen molar-refractivity contribution in [2.45, 2.75) is 101 Å². The molecule has 262 valence electrons. The lowest BCUT2D eigenvalue weighted by Crippen LogP contribution is -2.51. The first-order valence-electron chi connectivity index (χ1n) is 17.8. The van der Waals surface area contributed by atoms with Gasteiger partial charge in [0, 0.05) is 56.9 Å². The van der Waals surface area contributed by atoms with Gasteiger partial charge in [-0.2, -0.15) is 0 Å². The van der Waals surface area contributed by atoms with Crippen LogP contribution < -0.4 is 25.8 Å². The van der Waals surface area contributed by atoms with E-state index in [-0.39, 0.29) is 35.8 Å². The van der Waals surface area contributed by atoms with E-state index in [1.165, 1.54) is 10.5 Å². The van der Waals surface area contributed by atoms with Gasteiger partial charge in [-0.25, -0.2) is 0 Å². The van der Waals surface area contributed by atoms with Crippen molar-refractivity contribution >= 4 is 17.5 Å². The third kappa shape index (κ3) is 7.92. The fourth-order valence-corrected chi connectivity index (χ4v) is 7.68. The summed E-state index contributed by atoms with van der Waals surface area (Å²) in [6.45, 7) is 5.25. The lowest BCUT2D eigenvalue weighted by molar-refractivity contribution is -0.117. The highest BCUT2D eigenvalue weighted by Crippen LogP contribution is 2.40. The molecule has 3 N–H and O–H groups in total. The average molecular weight is 671 g/mol. The first-order chi connectivity index (χ1) is 23.7. The summed E-state index contributed by atoms with van der Waals surface area (Å²) in [7, 11) is 1.67. The van der Waals surface area contributed by atoms with Crippen LogP contribution in [0.3, 0.4) is 0 Å². The smallest absolute Gasteiger partial charge is 0.274 e. The number of nitrogens with one attached hydrogen (secondary N) is 2. The van der Waals surface area contributed by atoms with Gasteiger partial charge in [0.2, 0.25) is 5.91 Å². The van der Waals surface area contributed by atoms with Crippen LogP contribution in [0.1, 0.15) is 97.9 Å². The molecule has 2 aromatic carbocycles. The van der Waals surface area contributed by atoms with Crippen molar-refractivity contribution in [3.8, 4) is 5.75 Å². The number of nitrogens with zero attached hydrogens (tertiary/aromatic N) is 2. The number of aliphatic hydroxyl groups is 1. The zero-order chi connectivity index (χ0) is 34.5. The van der Waals surface area contributed by atoms with Gasteiger partial charge in [0.15, 0.2) is 0 Å². The Hall–Kier alpha value is -3.99. The Balaban J connectivity index is 1.26. The Bertz CT molecular complexity index is 1690. The van der Waals surface area contributed by atoms with Crippen molar-refractivity contribution in [1.82, 2.24) is 15.2 Å². The van der Waals surface area contributed by atoms with Crippen LogP contribution in [0.2, 0.25) is 0 Å². The molecule has 10 heteroatoms. The van der Waals surface area contributed by atoms with E-state index in [1.54, 1.807) is 23.9 Å². The van der Waals surface area contributed by atoms with Gasteiger partial charge in [0.1, 0.15) is 17.0 Å². The van der Waals surface area contributed by atoms with Gasteiger partial charge in [-0.05, 0) is 62.3 Å². The molecule has 0 bridgehead atoms. The predicted molar refractivity (Wildman–Crippen MR) is 189 cm³/mol. The van der Waals surface area contributed by atoms with E-state index < -0.39 is 23.7 Å². The molecule has 3 heterocycles. The molecule has 49 heavy (non-hydrogen) atoms. The zero-order valence-electron chi connectivity index (χ0n) is 29.0. The van der Waals surface area contributed by atoms with Crippen LogP contribution in [0, 0.1) is 0 Å². The molecular weight excluding hydrogens is 620 g/mol. The number of methoxy groups -OCH3 is 1. The molecule has 2 amide bonds. The van der Waals surface area contributed by atoms with Crippen LogP contribution in [0.5, 0.6) is 5.75 Å². The van der Waals surface area contributed by atoms with Crippen molar-refractivity contribution in [2.75, 3.05) is 31.7 Å². The van der Waals surface area contributed by atoms with Crippen molar-refractivity contribution in [3.05, 3.63) is 93.4 Å². The molecule has 2 fully saturated rings. The summed E-state index contributed by atoms with van der Waals surface area (Å²) in [6, 6.07) is 16.8. The molecule has 2 aliphatic heterocycles.